The van der Waals surface area contributed by atoms with Gasteiger partial charge in [-0.25, -0.2) is 4.79 Å². The fraction of sp³-hybridized carbons (Fsp3) is 0.455. The average Bonchev–Trinajstić information content (AvgIpc) is 3.41. The number of thiophene rings is 1. The highest BCUT2D eigenvalue weighted by molar-refractivity contribution is 7.08. The zero-order chi connectivity index (χ0) is 19.8. The number of carbonyl (C=O) groups is 1. The van der Waals surface area contributed by atoms with Gasteiger partial charge in [-0.1, -0.05) is 12.1 Å². The molecule has 2 aliphatic heterocycles. The van der Waals surface area contributed by atoms with Crippen LogP contribution in [0.5, 0.6) is 0 Å². The fourth-order valence-electron chi connectivity index (χ4n) is 4.98. The lowest BCUT2D eigenvalue weighted by Gasteiger charge is -2.44. The number of aromatic amines is 1. The third-order valence-corrected chi connectivity index (χ3v) is 7.11. The van der Waals surface area contributed by atoms with E-state index in [1.165, 1.54) is 6.42 Å². The van der Waals surface area contributed by atoms with E-state index < -0.39 is 0 Å². The van der Waals surface area contributed by atoms with Crippen LogP contribution in [0, 0.1) is 0 Å². The highest BCUT2D eigenvalue weighted by Crippen LogP contribution is 2.32. The summed E-state index contributed by atoms with van der Waals surface area (Å²) in [6.45, 7) is 2.58. The maximum atomic E-state index is 12.8. The van der Waals surface area contributed by atoms with Gasteiger partial charge in [0.05, 0.1) is 22.8 Å². The summed E-state index contributed by atoms with van der Waals surface area (Å²) in [5.74, 6) is 0.146. The van der Waals surface area contributed by atoms with Gasteiger partial charge in [0.1, 0.15) is 0 Å². The summed E-state index contributed by atoms with van der Waals surface area (Å²) in [5.41, 5.74) is 2.67. The summed E-state index contributed by atoms with van der Waals surface area (Å²) < 4.78 is 1.96. The van der Waals surface area contributed by atoms with E-state index in [9.17, 15) is 9.59 Å². The van der Waals surface area contributed by atoms with E-state index in [1.807, 2.05) is 50.6 Å². The minimum absolute atomic E-state index is 0.0202. The number of aromatic nitrogens is 2. The number of carbonyl (C=O) groups excluding carboxylic acids is 1. The molecule has 2 aromatic heterocycles. The van der Waals surface area contributed by atoms with Gasteiger partial charge >= 0.3 is 5.69 Å². The van der Waals surface area contributed by atoms with Crippen molar-refractivity contribution < 1.29 is 4.79 Å². The maximum absolute atomic E-state index is 12.8. The first-order valence-electron chi connectivity index (χ1n) is 10.5. The summed E-state index contributed by atoms with van der Waals surface area (Å²) in [6.07, 6.45) is 5.32. The third-order valence-electron chi connectivity index (χ3n) is 6.42. The second kappa shape index (κ2) is 7.80. The maximum Gasteiger partial charge on any atom is 0.327 e. The number of hydrogen-bond acceptors (Lipinski definition) is 4. The molecular formula is C22H26N4O2S. The number of benzene rings is 1. The lowest BCUT2D eigenvalue weighted by Crippen LogP contribution is -2.51. The number of nitrogens with one attached hydrogen (secondary N) is 1. The summed E-state index contributed by atoms with van der Waals surface area (Å²) in [5, 5.41) is 3.88. The van der Waals surface area contributed by atoms with Crippen LogP contribution in [0.2, 0.25) is 0 Å². The minimum Gasteiger partial charge on any atom is -0.339 e. The molecule has 152 valence electrons. The second-order valence-electron chi connectivity index (χ2n) is 8.07. The van der Waals surface area contributed by atoms with Gasteiger partial charge in [0.15, 0.2) is 0 Å². The lowest BCUT2D eigenvalue weighted by molar-refractivity contribution is 0.0182. The molecule has 2 fully saturated rings. The number of fused-ring (bicyclic) bond motifs is 1. The van der Waals surface area contributed by atoms with Crippen LogP contribution in [-0.4, -0.2) is 50.9 Å². The van der Waals surface area contributed by atoms with Crippen molar-refractivity contribution in [1.82, 2.24) is 19.4 Å². The van der Waals surface area contributed by atoms with Crippen LogP contribution in [-0.2, 0) is 0 Å². The molecule has 4 heterocycles. The molecule has 3 aromatic rings. The molecule has 29 heavy (non-hydrogen) atoms. The number of piperidine rings is 2. The molecule has 1 amide bonds. The van der Waals surface area contributed by atoms with Gasteiger partial charge in [0.25, 0.3) is 5.91 Å². The van der Waals surface area contributed by atoms with Crippen LogP contribution in [0.1, 0.15) is 48.6 Å². The molecule has 1 atom stereocenters. The van der Waals surface area contributed by atoms with E-state index in [0.717, 1.165) is 61.9 Å². The van der Waals surface area contributed by atoms with Gasteiger partial charge in [0.2, 0.25) is 0 Å². The number of rotatable bonds is 3. The quantitative estimate of drug-likeness (QED) is 0.717. The zero-order valence-corrected chi connectivity index (χ0v) is 17.2. The Morgan fingerprint density at radius 3 is 2.66 bits per heavy atom. The molecule has 0 bridgehead atoms. The summed E-state index contributed by atoms with van der Waals surface area (Å²) in [7, 11) is 0. The topological polar surface area (TPSA) is 61.3 Å². The van der Waals surface area contributed by atoms with Gasteiger partial charge in [-0.2, -0.15) is 11.3 Å². The fourth-order valence-corrected chi connectivity index (χ4v) is 5.61. The molecule has 5 rings (SSSR count). The van der Waals surface area contributed by atoms with Gasteiger partial charge < -0.3 is 9.88 Å². The lowest BCUT2D eigenvalue weighted by atomic mass is 9.97. The summed E-state index contributed by atoms with van der Waals surface area (Å²) in [6, 6.07) is 10.3. The Balaban J connectivity index is 1.35. The predicted octanol–water partition coefficient (Wildman–Crippen LogP) is 3.68. The van der Waals surface area contributed by atoms with Crippen molar-refractivity contribution in [2.24, 2.45) is 0 Å². The van der Waals surface area contributed by atoms with Gasteiger partial charge in [-0.15, -0.1) is 0 Å². The Bertz CT molecular complexity index is 1050. The number of imidazole rings is 1. The van der Waals surface area contributed by atoms with E-state index >= 15 is 0 Å². The standard InChI is InChI=1S/C22H26N4O2S/c27-21(16-10-14-29-15-16)24-12-8-17(9-13-24)25-11-4-3-7-20(25)26-19-6-2-1-5-18(19)23-22(26)28/h1-2,5-6,10,14-15,17,20H,3-4,7-9,11-13H2,(H,23,28). The molecule has 1 aromatic carbocycles. The van der Waals surface area contributed by atoms with Crippen LogP contribution in [0.25, 0.3) is 11.0 Å². The molecule has 1 N–H and O–H groups in total. The first-order chi connectivity index (χ1) is 14.2. The van der Waals surface area contributed by atoms with E-state index in [0.29, 0.717) is 6.04 Å². The zero-order valence-electron chi connectivity index (χ0n) is 16.4. The first kappa shape index (κ1) is 18.6. The Labute approximate surface area is 173 Å². The second-order valence-corrected chi connectivity index (χ2v) is 8.85. The van der Waals surface area contributed by atoms with Crippen LogP contribution in [0.15, 0.2) is 45.9 Å². The number of likely N-dealkylation sites (tertiary alicyclic amines) is 2. The monoisotopic (exact) mass is 410 g/mol. The first-order valence-corrected chi connectivity index (χ1v) is 11.4. The van der Waals surface area contributed by atoms with E-state index in [4.69, 9.17) is 0 Å². The molecule has 2 aliphatic rings. The molecule has 0 spiro atoms. The molecule has 0 saturated carbocycles. The van der Waals surface area contributed by atoms with Crippen molar-refractivity contribution in [2.75, 3.05) is 19.6 Å². The van der Waals surface area contributed by atoms with Crippen molar-refractivity contribution in [3.05, 3.63) is 57.1 Å². The smallest absolute Gasteiger partial charge is 0.327 e. The van der Waals surface area contributed by atoms with Crippen molar-refractivity contribution in [2.45, 2.75) is 44.3 Å². The number of hydrogen-bond donors (Lipinski definition) is 1. The van der Waals surface area contributed by atoms with Crippen molar-refractivity contribution >= 4 is 28.3 Å². The van der Waals surface area contributed by atoms with Crippen LogP contribution in [0.3, 0.4) is 0 Å². The molecule has 0 aliphatic carbocycles. The Morgan fingerprint density at radius 2 is 1.86 bits per heavy atom. The van der Waals surface area contributed by atoms with E-state index in [2.05, 4.69) is 9.88 Å². The molecule has 0 radical (unpaired) electrons. The Kier molecular flexibility index (Phi) is 5.01. The van der Waals surface area contributed by atoms with E-state index in [1.54, 1.807) is 11.3 Å². The molecule has 1 unspecified atom stereocenters. The predicted molar refractivity (Wildman–Crippen MR) is 115 cm³/mol. The highest BCUT2D eigenvalue weighted by atomic mass is 32.1. The number of para-hydroxylation sites is 2. The third kappa shape index (κ3) is 3.42. The van der Waals surface area contributed by atoms with Gasteiger partial charge in [-0.3, -0.25) is 14.3 Å². The summed E-state index contributed by atoms with van der Waals surface area (Å²) >= 11 is 1.57. The van der Waals surface area contributed by atoms with E-state index in [-0.39, 0.29) is 17.8 Å². The average molecular weight is 411 g/mol. The van der Waals surface area contributed by atoms with Crippen molar-refractivity contribution in [3.63, 3.8) is 0 Å². The molecule has 7 heteroatoms. The minimum atomic E-state index is -0.0202. The Morgan fingerprint density at radius 1 is 1.03 bits per heavy atom. The van der Waals surface area contributed by atoms with Gasteiger partial charge in [-0.05, 0) is 55.7 Å². The van der Waals surface area contributed by atoms with Crippen LogP contribution < -0.4 is 5.69 Å². The number of amides is 1. The molecular weight excluding hydrogens is 384 g/mol. The van der Waals surface area contributed by atoms with Crippen molar-refractivity contribution in [1.29, 1.82) is 0 Å². The largest absolute Gasteiger partial charge is 0.339 e. The molecule has 6 nitrogen and oxygen atoms in total. The number of H-pyrrole nitrogens is 1. The normalized spacial score (nSPS) is 21.7. The number of nitrogens with zero attached hydrogens (tertiary/aromatic N) is 3. The summed E-state index contributed by atoms with van der Waals surface area (Å²) in [4.78, 5) is 32.9. The molecule has 2 saturated heterocycles. The van der Waals surface area contributed by atoms with Crippen LogP contribution >= 0.6 is 11.3 Å². The van der Waals surface area contributed by atoms with Gasteiger partial charge in [0, 0.05) is 31.1 Å². The Hall–Kier alpha value is -2.38. The SMILES string of the molecule is O=C(c1ccsc1)N1CCC(N2CCCCC2n2c(=O)[nH]c3ccccc32)CC1. The highest BCUT2D eigenvalue weighted by Gasteiger charge is 2.34. The van der Waals surface area contributed by atoms with Crippen LogP contribution in [0.4, 0.5) is 0 Å². The van der Waals surface area contributed by atoms with Crippen molar-refractivity contribution in [3.8, 4) is 0 Å².